The quantitative estimate of drug-likeness (QED) is 0.611. The summed E-state index contributed by atoms with van der Waals surface area (Å²) >= 11 is 6.30. The average molecular weight is 380 g/mol. The first-order valence-electron chi connectivity index (χ1n) is 8.93. The minimum Gasteiger partial charge on any atom is -0.316 e. The molecular formula is C22H22ClN3O. The van der Waals surface area contributed by atoms with E-state index >= 15 is 0 Å². The maximum atomic E-state index is 12.9. The van der Waals surface area contributed by atoms with Crippen LogP contribution in [0.1, 0.15) is 23.6 Å². The number of anilines is 1. The Hall–Kier alpha value is -2.85. The Kier molecular flexibility index (Phi) is 6.44. The average Bonchev–Trinajstić information content (AvgIpc) is 2.70. The number of aromatic nitrogens is 1. The van der Waals surface area contributed by atoms with Crippen molar-refractivity contribution in [2.24, 2.45) is 0 Å². The Balaban J connectivity index is 1.79. The summed E-state index contributed by atoms with van der Waals surface area (Å²) in [5.41, 5.74) is 3.87. The summed E-state index contributed by atoms with van der Waals surface area (Å²) in [4.78, 5) is 18.8. The van der Waals surface area contributed by atoms with Crippen LogP contribution in [0.15, 0.2) is 73.1 Å². The summed E-state index contributed by atoms with van der Waals surface area (Å²) in [6.45, 7) is 2.96. The van der Waals surface area contributed by atoms with Gasteiger partial charge in [-0.1, -0.05) is 54.9 Å². The summed E-state index contributed by atoms with van der Waals surface area (Å²) in [5.74, 6) is 0. The number of rotatable bonds is 6. The molecule has 0 saturated heterocycles. The highest BCUT2D eigenvalue weighted by Gasteiger charge is 2.16. The number of urea groups is 1. The zero-order chi connectivity index (χ0) is 19.1. The van der Waals surface area contributed by atoms with Crippen molar-refractivity contribution in [2.75, 3.05) is 5.32 Å². The van der Waals surface area contributed by atoms with Crippen LogP contribution < -0.4 is 5.32 Å². The van der Waals surface area contributed by atoms with E-state index in [1.807, 2.05) is 60.7 Å². The monoisotopic (exact) mass is 379 g/mol. The van der Waals surface area contributed by atoms with Crippen molar-refractivity contribution in [3.05, 3.63) is 94.8 Å². The van der Waals surface area contributed by atoms with Gasteiger partial charge < -0.3 is 10.2 Å². The van der Waals surface area contributed by atoms with Crippen LogP contribution in [0.5, 0.6) is 0 Å². The fourth-order valence-corrected chi connectivity index (χ4v) is 2.97. The molecule has 1 aromatic heterocycles. The molecule has 1 N–H and O–H groups in total. The lowest BCUT2D eigenvalue weighted by atomic mass is 10.1. The Morgan fingerprint density at radius 3 is 2.44 bits per heavy atom. The van der Waals surface area contributed by atoms with Crippen molar-refractivity contribution in [3.8, 4) is 0 Å². The maximum Gasteiger partial charge on any atom is 0.322 e. The predicted molar refractivity (Wildman–Crippen MR) is 110 cm³/mol. The third kappa shape index (κ3) is 5.31. The molecule has 4 nitrogen and oxygen atoms in total. The third-order valence-corrected chi connectivity index (χ3v) is 4.68. The lowest BCUT2D eigenvalue weighted by molar-refractivity contribution is 0.206. The lowest BCUT2D eigenvalue weighted by Gasteiger charge is -2.24. The predicted octanol–water partition coefficient (Wildman–Crippen LogP) is 5.53. The van der Waals surface area contributed by atoms with Crippen LogP contribution in [0.3, 0.4) is 0 Å². The van der Waals surface area contributed by atoms with E-state index in [1.165, 1.54) is 5.56 Å². The number of carbonyl (C=O) groups is 1. The van der Waals surface area contributed by atoms with Gasteiger partial charge in [0.05, 0.1) is 0 Å². The molecule has 3 aromatic rings. The molecule has 0 saturated carbocycles. The number of nitrogens with zero attached hydrogens (tertiary/aromatic N) is 2. The molecule has 0 aliphatic heterocycles. The van der Waals surface area contributed by atoms with Crippen LogP contribution in [-0.2, 0) is 19.5 Å². The first-order valence-corrected chi connectivity index (χ1v) is 9.30. The highest BCUT2D eigenvalue weighted by Crippen LogP contribution is 2.19. The van der Waals surface area contributed by atoms with Crippen LogP contribution in [0.25, 0.3) is 0 Å². The first kappa shape index (κ1) is 18.9. The number of amides is 2. The van der Waals surface area contributed by atoms with E-state index in [-0.39, 0.29) is 6.03 Å². The molecule has 0 spiro atoms. The Morgan fingerprint density at radius 2 is 1.78 bits per heavy atom. The maximum absolute atomic E-state index is 12.9. The molecule has 1 heterocycles. The molecule has 27 heavy (non-hydrogen) atoms. The van der Waals surface area contributed by atoms with Gasteiger partial charge in [0, 0.05) is 36.2 Å². The Bertz CT molecular complexity index is 882. The number of aryl methyl sites for hydroxylation is 1. The van der Waals surface area contributed by atoms with E-state index in [0.29, 0.717) is 18.1 Å². The van der Waals surface area contributed by atoms with Crippen LogP contribution in [0.4, 0.5) is 10.5 Å². The SMILES string of the molecule is CCc1ccc(NC(=O)N(Cc2cccnc2)Cc2ccccc2Cl)cc1. The zero-order valence-corrected chi connectivity index (χ0v) is 16.0. The second kappa shape index (κ2) is 9.19. The molecular weight excluding hydrogens is 358 g/mol. The Labute approximate surface area is 164 Å². The van der Waals surface area contributed by atoms with E-state index in [1.54, 1.807) is 17.3 Å². The molecule has 0 atom stereocenters. The smallest absolute Gasteiger partial charge is 0.316 e. The molecule has 3 rings (SSSR count). The van der Waals surface area contributed by atoms with Gasteiger partial charge >= 0.3 is 6.03 Å². The summed E-state index contributed by atoms with van der Waals surface area (Å²) in [5, 5.41) is 3.62. The number of pyridine rings is 1. The van der Waals surface area contributed by atoms with Gasteiger partial charge in [-0.25, -0.2) is 4.79 Å². The fourth-order valence-electron chi connectivity index (χ4n) is 2.77. The van der Waals surface area contributed by atoms with Gasteiger partial charge in [-0.05, 0) is 47.4 Å². The van der Waals surface area contributed by atoms with Crippen molar-refractivity contribution < 1.29 is 4.79 Å². The minimum absolute atomic E-state index is 0.178. The van der Waals surface area contributed by atoms with Crippen molar-refractivity contribution in [1.82, 2.24) is 9.88 Å². The second-order valence-corrected chi connectivity index (χ2v) is 6.70. The third-order valence-electron chi connectivity index (χ3n) is 4.32. The molecule has 0 aliphatic carbocycles. The van der Waals surface area contributed by atoms with Crippen LogP contribution >= 0.6 is 11.6 Å². The van der Waals surface area contributed by atoms with Crippen LogP contribution in [0.2, 0.25) is 5.02 Å². The van der Waals surface area contributed by atoms with Gasteiger partial charge in [-0.15, -0.1) is 0 Å². The molecule has 0 aliphatic rings. The van der Waals surface area contributed by atoms with Crippen molar-refractivity contribution in [1.29, 1.82) is 0 Å². The van der Waals surface area contributed by atoms with Gasteiger partial charge in [0.2, 0.25) is 0 Å². The molecule has 2 aromatic carbocycles. The van der Waals surface area contributed by atoms with Crippen LogP contribution in [-0.4, -0.2) is 15.9 Å². The number of benzene rings is 2. The van der Waals surface area contributed by atoms with E-state index in [2.05, 4.69) is 17.2 Å². The number of carbonyl (C=O) groups excluding carboxylic acids is 1. The van der Waals surface area contributed by atoms with Crippen molar-refractivity contribution in [3.63, 3.8) is 0 Å². The zero-order valence-electron chi connectivity index (χ0n) is 15.2. The lowest BCUT2D eigenvalue weighted by Crippen LogP contribution is -2.34. The first-order chi connectivity index (χ1) is 13.2. The van der Waals surface area contributed by atoms with E-state index in [9.17, 15) is 4.79 Å². The molecule has 0 radical (unpaired) electrons. The topological polar surface area (TPSA) is 45.2 Å². The normalized spacial score (nSPS) is 10.4. The second-order valence-electron chi connectivity index (χ2n) is 6.29. The molecule has 0 unspecified atom stereocenters. The Morgan fingerprint density at radius 1 is 1.00 bits per heavy atom. The molecule has 5 heteroatoms. The van der Waals surface area contributed by atoms with E-state index in [0.717, 1.165) is 23.2 Å². The van der Waals surface area contributed by atoms with Gasteiger partial charge in [-0.2, -0.15) is 0 Å². The molecule has 0 bridgehead atoms. The van der Waals surface area contributed by atoms with E-state index in [4.69, 9.17) is 11.6 Å². The highest BCUT2D eigenvalue weighted by molar-refractivity contribution is 6.31. The summed E-state index contributed by atoms with van der Waals surface area (Å²) in [7, 11) is 0. The minimum atomic E-state index is -0.178. The summed E-state index contributed by atoms with van der Waals surface area (Å²) < 4.78 is 0. The van der Waals surface area contributed by atoms with Gasteiger partial charge in [-0.3, -0.25) is 4.98 Å². The number of halogens is 1. The number of hydrogen-bond donors (Lipinski definition) is 1. The van der Waals surface area contributed by atoms with Crippen molar-refractivity contribution >= 4 is 23.3 Å². The van der Waals surface area contributed by atoms with Gasteiger partial charge in [0.25, 0.3) is 0 Å². The summed E-state index contributed by atoms with van der Waals surface area (Å²) in [6.07, 6.45) is 4.45. The number of hydrogen-bond acceptors (Lipinski definition) is 2. The van der Waals surface area contributed by atoms with Gasteiger partial charge in [0.15, 0.2) is 0 Å². The standard InChI is InChI=1S/C22H22ClN3O/c1-2-17-9-11-20(12-10-17)25-22(27)26(15-18-6-5-13-24-14-18)16-19-7-3-4-8-21(19)23/h3-14H,2,15-16H2,1H3,(H,25,27). The number of nitrogens with one attached hydrogen (secondary N) is 1. The molecule has 0 fully saturated rings. The van der Waals surface area contributed by atoms with Crippen molar-refractivity contribution in [2.45, 2.75) is 26.4 Å². The van der Waals surface area contributed by atoms with E-state index < -0.39 is 0 Å². The molecule has 138 valence electrons. The molecule has 2 amide bonds. The van der Waals surface area contributed by atoms with Gasteiger partial charge in [0.1, 0.15) is 0 Å². The fraction of sp³-hybridized carbons (Fsp3) is 0.182. The largest absolute Gasteiger partial charge is 0.322 e. The summed E-state index contributed by atoms with van der Waals surface area (Å²) in [6, 6.07) is 19.1. The highest BCUT2D eigenvalue weighted by atomic mass is 35.5. The van der Waals surface area contributed by atoms with Crippen LogP contribution in [0, 0.1) is 0 Å².